The van der Waals surface area contributed by atoms with Crippen LogP contribution in [0, 0.1) is 5.92 Å². The van der Waals surface area contributed by atoms with Gasteiger partial charge in [0.25, 0.3) is 5.91 Å². The van der Waals surface area contributed by atoms with Gasteiger partial charge in [0, 0.05) is 31.3 Å². The molecule has 0 bridgehead atoms. The zero-order valence-corrected chi connectivity index (χ0v) is 17.8. The van der Waals surface area contributed by atoms with Gasteiger partial charge in [-0.3, -0.25) is 9.59 Å². The van der Waals surface area contributed by atoms with E-state index in [0.717, 1.165) is 5.56 Å². The van der Waals surface area contributed by atoms with Crippen LogP contribution in [0.5, 0.6) is 0 Å². The number of guanidine groups is 1. The van der Waals surface area contributed by atoms with Gasteiger partial charge >= 0.3 is 0 Å². The maximum Gasteiger partial charge on any atom is 0.260 e. The topological polar surface area (TPSA) is 143 Å². The molecule has 0 radical (unpaired) electrons. The third kappa shape index (κ3) is 3.84. The molecule has 2 aliphatic carbocycles. The molecule has 4 rings (SSSR count). The molecule has 170 valence electrons. The van der Waals surface area contributed by atoms with Gasteiger partial charge in [-0.25, -0.2) is 0 Å². The Kier molecular flexibility index (Phi) is 6.18. The van der Waals surface area contributed by atoms with E-state index in [1.807, 2.05) is 48.6 Å². The number of carbonyl (C=O) groups excluding carboxylic acids is 2. The van der Waals surface area contributed by atoms with Gasteiger partial charge in [0.05, 0.1) is 0 Å². The SMILES string of the molecule is NC(N)=NOCCCNC(=O)[C@@H]1CCCN1C(=O)C1(O)c2ccccc2C2C=CC=CC21. The fourth-order valence-corrected chi connectivity index (χ4v) is 4.96. The Labute approximate surface area is 186 Å². The fourth-order valence-electron chi connectivity index (χ4n) is 4.96. The minimum absolute atomic E-state index is 0.0646. The first-order valence-corrected chi connectivity index (χ1v) is 10.9. The minimum atomic E-state index is -1.70. The van der Waals surface area contributed by atoms with Crippen LogP contribution in [0.15, 0.2) is 53.7 Å². The first-order chi connectivity index (χ1) is 15.4. The predicted octanol–water partition coefficient (Wildman–Crippen LogP) is 0.416. The highest BCUT2D eigenvalue weighted by Gasteiger charge is 2.57. The van der Waals surface area contributed by atoms with Crippen molar-refractivity contribution in [1.29, 1.82) is 0 Å². The van der Waals surface area contributed by atoms with E-state index < -0.39 is 23.5 Å². The van der Waals surface area contributed by atoms with Gasteiger partial charge in [0.2, 0.25) is 11.9 Å². The summed E-state index contributed by atoms with van der Waals surface area (Å²) in [5.74, 6) is -1.26. The van der Waals surface area contributed by atoms with Crippen molar-refractivity contribution in [3.05, 3.63) is 59.7 Å². The average molecular weight is 440 g/mol. The van der Waals surface area contributed by atoms with Crippen LogP contribution in [0.2, 0.25) is 0 Å². The van der Waals surface area contributed by atoms with Crippen molar-refractivity contribution >= 4 is 17.8 Å². The number of hydrogen-bond donors (Lipinski definition) is 4. The molecule has 1 fully saturated rings. The molecule has 1 aromatic carbocycles. The normalized spacial score (nSPS) is 27.5. The molecule has 1 heterocycles. The second-order valence-corrected chi connectivity index (χ2v) is 8.33. The summed E-state index contributed by atoms with van der Waals surface area (Å²) in [4.78, 5) is 33.0. The molecular formula is C23H29N5O4. The van der Waals surface area contributed by atoms with Crippen molar-refractivity contribution < 1.29 is 19.5 Å². The predicted molar refractivity (Wildman–Crippen MR) is 119 cm³/mol. The number of hydrogen-bond acceptors (Lipinski definition) is 5. The van der Waals surface area contributed by atoms with E-state index in [2.05, 4.69) is 10.5 Å². The number of oxime groups is 1. The lowest BCUT2D eigenvalue weighted by Crippen LogP contribution is -2.54. The van der Waals surface area contributed by atoms with Crippen LogP contribution < -0.4 is 16.8 Å². The van der Waals surface area contributed by atoms with Gasteiger partial charge < -0.3 is 31.6 Å². The molecule has 0 aromatic heterocycles. The summed E-state index contributed by atoms with van der Waals surface area (Å²) in [6.45, 7) is 1.06. The van der Waals surface area contributed by atoms with Crippen molar-refractivity contribution in [2.24, 2.45) is 22.5 Å². The number of likely N-dealkylation sites (tertiary alicyclic amines) is 1. The first-order valence-electron chi connectivity index (χ1n) is 10.9. The third-order valence-electron chi connectivity index (χ3n) is 6.37. The number of aliphatic hydroxyl groups is 1. The van der Waals surface area contributed by atoms with Gasteiger partial charge in [0.1, 0.15) is 12.6 Å². The van der Waals surface area contributed by atoms with Gasteiger partial charge in [0.15, 0.2) is 5.60 Å². The van der Waals surface area contributed by atoms with Gasteiger partial charge in [-0.05, 0) is 29.1 Å². The third-order valence-corrected chi connectivity index (χ3v) is 6.37. The van der Waals surface area contributed by atoms with Crippen LogP contribution >= 0.6 is 0 Å². The molecule has 1 saturated heterocycles. The number of amides is 2. The summed E-state index contributed by atoms with van der Waals surface area (Å²) >= 11 is 0. The van der Waals surface area contributed by atoms with Crippen molar-refractivity contribution in [3.63, 3.8) is 0 Å². The number of nitrogens with zero attached hydrogens (tertiary/aromatic N) is 2. The van der Waals surface area contributed by atoms with Crippen molar-refractivity contribution in [3.8, 4) is 0 Å². The first kappa shape index (κ1) is 21.9. The Morgan fingerprint density at radius 1 is 1.25 bits per heavy atom. The number of nitrogens with two attached hydrogens (primary N) is 2. The lowest BCUT2D eigenvalue weighted by Gasteiger charge is -2.36. The highest BCUT2D eigenvalue weighted by molar-refractivity contribution is 5.94. The summed E-state index contributed by atoms with van der Waals surface area (Å²) in [7, 11) is 0. The summed E-state index contributed by atoms with van der Waals surface area (Å²) in [6.07, 6.45) is 9.50. The molecular weight excluding hydrogens is 410 g/mol. The highest BCUT2D eigenvalue weighted by Crippen LogP contribution is 2.52. The molecule has 32 heavy (non-hydrogen) atoms. The van der Waals surface area contributed by atoms with Crippen LogP contribution in [0.25, 0.3) is 0 Å². The summed E-state index contributed by atoms with van der Waals surface area (Å²) < 4.78 is 0. The van der Waals surface area contributed by atoms with Crippen LogP contribution in [0.4, 0.5) is 0 Å². The van der Waals surface area contributed by atoms with E-state index in [-0.39, 0.29) is 24.4 Å². The second kappa shape index (κ2) is 9.04. The zero-order chi connectivity index (χ0) is 22.7. The number of carbonyl (C=O) groups is 2. The maximum absolute atomic E-state index is 13.8. The van der Waals surface area contributed by atoms with Crippen molar-refractivity contribution in [2.75, 3.05) is 19.7 Å². The molecule has 0 saturated carbocycles. The van der Waals surface area contributed by atoms with Crippen LogP contribution in [0.3, 0.4) is 0 Å². The van der Waals surface area contributed by atoms with E-state index in [1.54, 1.807) is 0 Å². The van der Waals surface area contributed by atoms with E-state index in [1.165, 1.54) is 4.90 Å². The molecule has 4 atom stereocenters. The van der Waals surface area contributed by atoms with Gasteiger partial charge in [-0.2, -0.15) is 0 Å². The van der Waals surface area contributed by atoms with Gasteiger partial charge in [-0.15, -0.1) is 0 Å². The zero-order valence-electron chi connectivity index (χ0n) is 17.8. The van der Waals surface area contributed by atoms with Crippen molar-refractivity contribution in [2.45, 2.75) is 36.8 Å². The Balaban J connectivity index is 1.46. The average Bonchev–Trinajstić information content (AvgIpc) is 3.39. The Hall–Kier alpha value is -3.33. The number of rotatable bonds is 7. The molecule has 3 unspecified atom stereocenters. The molecule has 6 N–H and O–H groups in total. The summed E-state index contributed by atoms with van der Waals surface area (Å²) in [5.41, 5.74) is 10.2. The standard InChI is InChI=1S/C23H29N5O4/c24-22(25)27-32-14-6-12-26-20(29)19-11-5-13-28(19)21(30)23(31)17-9-3-1-7-15(17)16-8-2-4-10-18(16)23/h1-4,7-10,15,17,19,31H,5-6,11-14H2,(H,26,29)(H4,24,25,27)/t15?,17?,19-,23?/m0/s1. The highest BCUT2D eigenvalue weighted by atomic mass is 16.6. The van der Waals surface area contributed by atoms with E-state index >= 15 is 0 Å². The second-order valence-electron chi connectivity index (χ2n) is 8.33. The van der Waals surface area contributed by atoms with Crippen LogP contribution in [0.1, 0.15) is 36.3 Å². The smallest absolute Gasteiger partial charge is 0.260 e. The van der Waals surface area contributed by atoms with Crippen LogP contribution in [-0.2, 0) is 20.0 Å². The molecule has 9 nitrogen and oxygen atoms in total. The number of fused-ring (bicyclic) bond motifs is 3. The number of nitrogens with one attached hydrogen (secondary N) is 1. The molecule has 3 aliphatic rings. The van der Waals surface area contributed by atoms with E-state index in [9.17, 15) is 14.7 Å². The lowest BCUT2D eigenvalue weighted by molar-refractivity contribution is -0.159. The Bertz CT molecular complexity index is 971. The number of allylic oxidation sites excluding steroid dienone is 3. The maximum atomic E-state index is 13.8. The monoisotopic (exact) mass is 439 g/mol. The number of benzene rings is 1. The Morgan fingerprint density at radius 3 is 2.84 bits per heavy atom. The Morgan fingerprint density at radius 2 is 2.03 bits per heavy atom. The summed E-state index contributed by atoms with van der Waals surface area (Å²) in [5, 5.41) is 18.1. The van der Waals surface area contributed by atoms with E-state index in [4.69, 9.17) is 16.3 Å². The largest absolute Gasteiger partial charge is 0.393 e. The van der Waals surface area contributed by atoms with Crippen LogP contribution in [-0.4, -0.2) is 53.5 Å². The molecule has 1 aromatic rings. The van der Waals surface area contributed by atoms with Crippen molar-refractivity contribution in [1.82, 2.24) is 10.2 Å². The summed E-state index contributed by atoms with van der Waals surface area (Å²) in [6, 6.07) is 6.91. The van der Waals surface area contributed by atoms with Gasteiger partial charge in [-0.1, -0.05) is 48.6 Å². The van der Waals surface area contributed by atoms with E-state index in [0.29, 0.717) is 37.9 Å². The molecule has 0 spiro atoms. The molecule has 9 heteroatoms. The fraction of sp³-hybridized carbons (Fsp3) is 0.435. The lowest BCUT2D eigenvalue weighted by atomic mass is 9.79. The quantitative estimate of drug-likeness (QED) is 0.210. The molecule has 1 aliphatic heterocycles. The molecule has 2 amide bonds. The minimum Gasteiger partial charge on any atom is -0.393 e.